The van der Waals surface area contributed by atoms with Crippen molar-refractivity contribution >= 4 is 39.6 Å². The van der Waals surface area contributed by atoms with E-state index < -0.39 is 0 Å². The predicted octanol–water partition coefficient (Wildman–Crippen LogP) is 4.11. The van der Waals surface area contributed by atoms with Gasteiger partial charge in [0.1, 0.15) is 28.4 Å². The lowest BCUT2D eigenvalue weighted by Crippen LogP contribution is -2.29. The van der Waals surface area contributed by atoms with Crippen molar-refractivity contribution in [1.29, 1.82) is 0 Å². The minimum Gasteiger partial charge on any atom is -0.361 e. The van der Waals surface area contributed by atoms with E-state index in [2.05, 4.69) is 20.4 Å². The maximum absolute atomic E-state index is 12.6. The molecule has 5 aromatic rings. The van der Waals surface area contributed by atoms with Crippen molar-refractivity contribution in [3.63, 3.8) is 0 Å². The Bertz CT molecular complexity index is 1460. The van der Waals surface area contributed by atoms with E-state index in [1.54, 1.807) is 12.4 Å². The number of amides is 1. The van der Waals surface area contributed by atoms with Crippen LogP contribution in [0.1, 0.15) is 35.7 Å². The summed E-state index contributed by atoms with van der Waals surface area (Å²) in [5.74, 6) is 0.520. The monoisotopic (exact) mass is 449 g/mol. The fourth-order valence-electron chi connectivity index (χ4n) is 3.62. The second-order valence-electron chi connectivity index (χ2n) is 7.88. The number of hydrogen-bond acceptors (Lipinski definition) is 6. The number of aryl methyl sites for hydroxylation is 1. The highest BCUT2D eigenvalue weighted by molar-refractivity contribution is 6.31. The molecule has 4 aromatic heterocycles. The molecule has 0 aliphatic heterocycles. The van der Waals surface area contributed by atoms with Crippen molar-refractivity contribution in [2.45, 2.75) is 33.4 Å². The first kappa shape index (κ1) is 20.2. The third-order valence-electron chi connectivity index (χ3n) is 4.99. The van der Waals surface area contributed by atoms with Crippen LogP contribution in [0.5, 0.6) is 0 Å². The largest absolute Gasteiger partial charge is 0.361 e. The maximum atomic E-state index is 12.6. The Morgan fingerprint density at radius 1 is 1.31 bits per heavy atom. The van der Waals surface area contributed by atoms with Gasteiger partial charge in [0, 0.05) is 28.7 Å². The number of carbonyl (C=O) groups is 1. The minimum atomic E-state index is -0.207. The third kappa shape index (κ3) is 3.60. The summed E-state index contributed by atoms with van der Waals surface area (Å²) in [6.07, 6.45) is 3.26. The summed E-state index contributed by atoms with van der Waals surface area (Å²) in [6, 6.07) is 7.43. The highest BCUT2D eigenvalue weighted by Crippen LogP contribution is 2.30. The second kappa shape index (κ2) is 7.76. The molecule has 1 aromatic carbocycles. The van der Waals surface area contributed by atoms with Crippen LogP contribution in [-0.2, 0) is 6.54 Å². The molecule has 10 heteroatoms. The van der Waals surface area contributed by atoms with Crippen LogP contribution in [0.25, 0.3) is 33.5 Å². The molecule has 5 rings (SSSR count). The minimum absolute atomic E-state index is 0.00755. The average Bonchev–Trinajstić information content (AvgIpc) is 3.44. The lowest BCUT2D eigenvalue weighted by Gasteiger charge is -2.06. The molecule has 2 N–H and O–H groups in total. The molecule has 0 saturated carbocycles. The third-order valence-corrected chi connectivity index (χ3v) is 5.23. The Kier molecular flexibility index (Phi) is 4.90. The zero-order valence-corrected chi connectivity index (χ0v) is 18.4. The van der Waals surface area contributed by atoms with Crippen molar-refractivity contribution in [2.24, 2.45) is 0 Å². The number of halogens is 1. The molecule has 0 aliphatic rings. The van der Waals surface area contributed by atoms with E-state index in [-0.39, 0.29) is 11.9 Å². The molecule has 0 atom stereocenters. The molecular weight excluding hydrogens is 430 g/mol. The molecule has 1 amide bonds. The van der Waals surface area contributed by atoms with Crippen LogP contribution in [0.2, 0.25) is 5.02 Å². The lowest BCUT2D eigenvalue weighted by molar-refractivity contribution is 0.0944. The van der Waals surface area contributed by atoms with Crippen LogP contribution in [0.15, 0.2) is 41.2 Å². The van der Waals surface area contributed by atoms with Crippen LogP contribution in [-0.4, -0.2) is 41.8 Å². The lowest BCUT2D eigenvalue weighted by atomic mass is 10.1. The molecule has 0 fully saturated rings. The van der Waals surface area contributed by atoms with E-state index in [4.69, 9.17) is 26.2 Å². The van der Waals surface area contributed by atoms with E-state index in [9.17, 15) is 4.79 Å². The number of carbonyl (C=O) groups excluding carboxylic acids is 1. The van der Waals surface area contributed by atoms with Gasteiger partial charge in [-0.2, -0.15) is 5.10 Å². The molecule has 0 bridgehead atoms. The van der Waals surface area contributed by atoms with E-state index in [0.717, 1.165) is 22.4 Å². The first-order valence-electron chi connectivity index (χ1n) is 10.1. The average molecular weight is 450 g/mol. The van der Waals surface area contributed by atoms with Gasteiger partial charge in [0.25, 0.3) is 5.91 Å². The van der Waals surface area contributed by atoms with Gasteiger partial charge in [-0.25, -0.2) is 9.97 Å². The second-order valence-corrected chi connectivity index (χ2v) is 8.32. The van der Waals surface area contributed by atoms with Gasteiger partial charge in [-0.1, -0.05) is 16.8 Å². The number of nitrogens with one attached hydrogen (secondary N) is 2. The van der Waals surface area contributed by atoms with E-state index in [1.807, 2.05) is 49.7 Å². The van der Waals surface area contributed by atoms with Gasteiger partial charge < -0.3 is 14.8 Å². The first-order valence-corrected chi connectivity index (χ1v) is 10.5. The zero-order valence-electron chi connectivity index (χ0n) is 17.7. The quantitative estimate of drug-likeness (QED) is 0.417. The Hall–Kier alpha value is -3.72. The highest BCUT2D eigenvalue weighted by Gasteiger charge is 2.19. The van der Waals surface area contributed by atoms with Crippen molar-refractivity contribution < 1.29 is 9.32 Å². The van der Waals surface area contributed by atoms with Crippen LogP contribution < -0.4 is 5.32 Å². The Balaban J connectivity index is 1.63. The normalized spacial score (nSPS) is 11.7. The van der Waals surface area contributed by atoms with Gasteiger partial charge in [-0.15, -0.1) is 0 Å². The Morgan fingerprint density at radius 2 is 2.16 bits per heavy atom. The van der Waals surface area contributed by atoms with Crippen LogP contribution in [0.3, 0.4) is 0 Å². The number of aromatic amines is 1. The van der Waals surface area contributed by atoms with Crippen LogP contribution in [0, 0.1) is 6.92 Å². The fraction of sp³-hybridized carbons (Fsp3) is 0.227. The highest BCUT2D eigenvalue weighted by atomic mass is 35.5. The zero-order chi connectivity index (χ0) is 22.4. The summed E-state index contributed by atoms with van der Waals surface area (Å²) < 4.78 is 6.99. The van der Waals surface area contributed by atoms with Crippen molar-refractivity contribution in [2.75, 3.05) is 0 Å². The van der Waals surface area contributed by atoms with E-state index in [1.165, 1.54) is 0 Å². The number of aromatic nitrogens is 6. The van der Waals surface area contributed by atoms with Crippen molar-refractivity contribution in [3.05, 3.63) is 58.7 Å². The van der Waals surface area contributed by atoms with Gasteiger partial charge in [0.05, 0.1) is 23.8 Å². The van der Waals surface area contributed by atoms with Crippen LogP contribution >= 0.6 is 11.6 Å². The van der Waals surface area contributed by atoms with Gasteiger partial charge in [-0.3, -0.25) is 9.48 Å². The smallest absolute Gasteiger partial charge is 0.255 e. The van der Waals surface area contributed by atoms with E-state index in [0.29, 0.717) is 39.7 Å². The molecule has 9 nitrogen and oxygen atoms in total. The number of fused-ring (bicyclic) bond motifs is 2. The molecule has 0 radical (unpaired) electrons. The number of H-pyrrole nitrogens is 1. The Labute approximate surface area is 187 Å². The van der Waals surface area contributed by atoms with Gasteiger partial charge >= 0.3 is 0 Å². The molecule has 0 aliphatic carbocycles. The molecule has 162 valence electrons. The molecular formula is C22H20ClN7O2. The summed E-state index contributed by atoms with van der Waals surface area (Å²) >= 11 is 6.26. The summed E-state index contributed by atoms with van der Waals surface area (Å²) in [5, 5.41) is 13.2. The molecule has 0 spiro atoms. The molecule has 0 saturated heterocycles. The number of rotatable bonds is 5. The topological polar surface area (TPSA) is 115 Å². The first-order chi connectivity index (χ1) is 15.4. The van der Waals surface area contributed by atoms with Gasteiger partial charge in [-0.05, 0) is 39.0 Å². The summed E-state index contributed by atoms with van der Waals surface area (Å²) in [5.41, 5.74) is 4.24. The molecule has 32 heavy (non-hydrogen) atoms. The summed E-state index contributed by atoms with van der Waals surface area (Å²) in [6.45, 7) is 6.07. The van der Waals surface area contributed by atoms with Crippen LogP contribution in [0.4, 0.5) is 0 Å². The fourth-order valence-corrected chi connectivity index (χ4v) is 3.79. The van der Waals surface area contributed by atoms with Gasteiger partial charge in [0.2, 0.25) is 0 Å². The maximum Gasteiger partial charge on any atom is 0.255 e. The van der Waals surface area contributed by atoms with Crippen molar-refractivity contribution in [1.82, 2.24) is 35.2 Å². The van der Waals surface area contributed by atoms with E-state index >= 15 is 0 Å². The summed E-state index contributed by atoms with van der Waals surface area (Å²) in [4.78, 5) is 24.8. The van der Waals surface area contributed by atoms with Crippen molar-refractivity contribution in [3.8, 4) is 11.4 Å². The SMILES string of the molecule is Cc1cc(Cn2nc(-c3cnc4[nH]cc(C(=O)NC(C)C)c4n3)c3ccc(Cl)cc32)no1. The molecule has 0 unspecified atom stereocenters. The number of hydrogen-bond donors (Lipinski definition) is 2. The number of nitrogens with zero attached hydrogens (tertiary/aromatic N) is 5. The standard InChI is InChI=1S/C22H20ClN7O2/c1-11(2)26-22(31)16-8-24-21-20(16)27-17(9-25-21)19-15-5-4-13(23)7-18(15)30(28-19)10-14-6-12(3)32-29-14/h4-9,11H,10H2,1-3H3,(H,24,25)(H,26,31). The summed E-state index contributed by atoms with van der Waals surface area (Å²) in [7, 11) is 0. The molecule has 4 heterocycles. The Morgan fingerprint density at radius 3 is 2.91 bits per heavy atom. The number of benzene rings is 1. The predicted molar refractivity (Wildman–Crippen MR) is 121 cm³/mol. The van der Waals surface area contributed by atoms with Gasteiger partial charge in [0.15, 0.2) is 5.65 Å².